The molecule has 12 heteroatoms. The highest BCUT2D eigenvalue weighted by Crippen LogP contribution is 2.42. The van der Waals surface area contributed by atoms with E-state index in [-0.39, 0.29) is 26.2 Å². The van der Waals surface area contributed by atoms with Crippen LogP contribution in [0.3, 0.4) is 0 Å². The third-order valence-electron chi connectivity index (χ3n) is 4.98. The number of rotatable bonds is 5. The van der Waals surface area contributed by atoms with E-state index < -0.39 is 23.7 Å². The van der Waals surface area contributed by atoms with Gasteiger partial charge >= 0.3 is 17.8 Å². The van der Waals surface area contributed by atoms with E-state index >= 15 is 0 Å². The number of nitriles is 1. The normalized spacial score (nSPS) is 15.2. The molecular weight excluding hydrogens is 490 g/mol. The van der Waals surface area contributed by atoms with E-state index in [0.717, 1.165) is 42.2 Å². The van der Waals surface area contributed by atoms with Gasteiger partial charge in [0.1, 0.15) is 11.1 Å². The second kappa shape index (κ2) is 9.17. The number of benzene rings is 1. The topological polar surface area (TPSA) is 91.2 Å². The minimum absolute atomic E-state index is 0.0148. The molecule has 0 fully saturated rings. The zero-order valence-corrected chi connectivity index (χ0v) is 18.9. The Bertz CT molecular complexity index is 1110. The predicted octanol–water partition coefficient (Wildman–Crippen LogP) is 5.08. The third kappa shape index (κ3) is 4.37. The van der Waals surface area contributed by atoms with E-state index in [1.807, 2.05) is 6.07 Å². The molecular formula is C20H16Cl2F3N3O3S. The van der Waals surface area contributed by atoms with Gasteiger partial charge in [0.25, 0.3) is 5.91 Å². The molecule has 0 spiro atoms. The fourth-order valence-electron chi connectivity index (χ4n) is 3.40. The van der Waals surface area contributed by atoms with Crippen LogP contribution < -0.4 is 10.6 Å². The first kappa shape index (κ1) is 24.2. The van der Waals surface area contributed by atoms with Crippen LogP contribution in [0.15, 0.2) is 18.2 Å². The number of methoxy groups -OCH3 is 1. The number of nitrogens with one attached hydrogen (secondary N) is 2. The fourth-order valence-corrected chi connectivity index (χ4v) is 5.19. The first-order chi connectivity index (χ1) is 15.0. The maximum atomic E-state index is 14.3. The Kier molecular flexibility index (Phi) is 6.93. The Labute approximate surface area is 195 Å². The summed E-state index contributed by atoms with van der Waals surface area (Å²) in [7, 11) is 0.760. The van der Waals surface area contributed by atoms with E-state index in [4.69, 9.17) is 23.2 Å². The van der Waals surface area contributed by atoms with Crippen molar-refractivity contribution < 1.29 is 27.5 Å². The maximum absolute atomic E-state index is 14.3. The Balaban J connectivity index is 2.10. The van der Waals surface area contributed by atoms with Crippen molar-refractivity contribution in [2.45, 2.75) is 37.5 Å². The van der Waals surface area contributed by atoms with Crippen LogP contribution in [-0.2, 0) is 22.4 Å². The average molecular weight is 506 g/mol. The van der Waals surface area contributed by atoms with Crippen LogP contribution in [0, 0.1) is 11.3 Å². The highest BCUT2D eigenvalue weighted by atomic mass is 35.5. The van der Waals surface area contributed by atoms with Crippen molar-refractivity contribution in [2.24, 2.45) is 0 Å². The first-order valence-electron chi connectivity index (χ1n) is 9.29. The van der Waals surface area contributed by atoms with Gasteiger partial charge in [0, 0.05) is 9.90 Å². The summed E-state index contributed by atoms with van der Waals surface area (Å²) in [5.41, 5.74) is -3.33. The molecule has 0 bridgehead atoms. The summed E-state index contributed by atoms with van der Waals surface area (Å²) in [5, 5.41) is 13.2. The van der Waals surface area contributed by atoms with Crippen molar-refractivity contribution in [1.29, 1.82) is 5.26 Å². The standard InChI is InChI=1S/C20H16Cl2F3N3O3S/c1-31-18(30)19(20(23,24)25,27-16(29)12-7-6-10(21)8-14(12)22)28-17-13(9-26)11-4-2-3-5-15(11)32-17/h6-8,28H,2-5H2,1H3,(H,27,29)/t19-/m0/s1. The predicted molar refractivity (Wildman–Crippen MR) is 114 cm³/mol. The lowest BCUT2D eigenvalue weighted by Gasteiger charge is -2.34. The number of esters is 1. The molecule has 1 atom stereocenters. The van der Waals surface area contributed by atoms with Gasteiger partial charge in [-0.15, -0.1) is 11.3 Å². The van der Waals surface area contributed by atoms with Gasteiger partial charge in [-0.1, -0.05) is 23.2 Å². The van der Waals surface area contributed by atoms with Gasteiger partial charge in [-0.25, -0.2) is 4.79 Å². The summed E-state index contributed by atoms with van der Waals surface area (Å²) < 4.78 is 47.5. The van der Waals surface area contributed by atoms with Gasteiger partial charge in [0.2, 0.25) is 0 Å². The summed E-state index contributed by atoms with van der Waals surface area (Å²) in [4.78, 5) is 26.0. The van der Waals surface area contributed by atoms with Crippen molar-refractivity contribution in [2.75, 3.05) is 12.4 Å². The van der Waals surface area contributed by atoms with E-state index in [2.05, 4.69) is 10.1 Å². The van der Waals surface area contributed by atoms with Crippen LogP contribution in [0.4, 0.5) is 18.2 Å². The highest BCUT2D eigenvalue weighted by molar-refractivity contribution is 7.16. The second-order valence-corrected chi connectivity index (χ2v) is 8.92. The molecule has 32 heavy (non-hydrogen) atoms. The SMILES string of the molecule is COC(=O)[C@](NC(=O)c1ccc(Cl)cc1Cl)(Nc1sc2c(c1C#N)CCCC2)C(F)(F)F. The largest absolute Gasteiger partial charge is 0.466 e. The second-order valence-electron chi connectivity index (χ2n) is 6.97. The minimum atomic E-state index is -5.34. The zero-order valence-electron chi connectivity index (χ0n) is 16.5. The van der Waals surface area contributed by atoms with Crippen LogP contribution in [-0.4, -0.2) is 30.8 Å². The minimum Gasteiger partial charge on any atom is -0.466 e. The lowest BCUT2D eigenvalue weighted by molar-refractivity contribution is -0.203. The van der Waals surface area contributed by atoms with Crippen molar-refractivity contribution in [3.63, 3.8) is 0 Å². The first-order valence-corrected chi connectivity index (χ1v) is 10.9. The van der Waals surface area contributed by atoms with Gasteiger partial charge in [0.05, 0.1) is 23.3 Å². The molecule has 0 saturated carbocycles. The number of amides is 1. The molecule has 1 aliphatic carbocycles. The van der Waals surface area contributed by atoms with Gasteiger partial charge in [-0.3, -0.25) is 4.79 Å². The molecule has 6 nitrogen and oxygen atoms in total. The highest BCUT2D eigenvalue weighted by Gasteiger charge is 2.64. The van der Waals surface area contributed by atoms with Gasteiger partial charge < -0.3 is 15.4 Å². The number of fused-ring (bicyclic) bond motifs is 1. The summed E-state index contributed by atoms with van der Waals surface area (Å²) in [5.74, 6) is -3.10. The summed E-state index contributed by atoms with van der Waals surface area (Å²) in [6.07, 6.45) is -2.55. The summed E-state index contributed by atoms with van der Waals surface area (Å²) >= 11 is 12.7. The molecule has 0 saturated heterocycles. The van der Waals surface area contributed by atoms with Crippen molar-refractivity contribution in [3.8, 4) is 6.07 Å². The van der Waals surface area contributed by atoms with Gasteiger partial charge in [0.15, 0.2) is 0 Å². The number of hydrogen-bond acceptors (Lipinski definition) is 6. The smallest absolute Gasteiger partial charge is 0.441 e. The molecule has 170 valence electrons. The zero-order chi connectivity index (χ0) is 23.7. The van der Waals surface area contributed by atoms with Crippen LogP contribution in [0.5, 0.6) is 0 Å². The number of anilines is 1. The Hall–Kier alpha value is -2.48. The number of alkyl halides is 3. The van der Waals surface area contributed by atoms with Crippen LogP contribution >= 0.6 is 34.5 Å². The number of carbonyl (C=O) groups excluding carboxylic acids is 2. The number of aryl methyl sites for hydroxylation is 1. The number of hydrogen-bond donors (Lipinski definition) is 2. The molecule has 3 rings (SSSR count). The van der Waals surface area contributed by atoms with Crippen molar-refractivity contribution >= 4 is 51.4 Å². The third-order valence-corrected chi connectivity index (χ3v) is 6.73. The average Bonchev–Trinajstić information content (AvgIpc) is 3.08. The van der Waals surface area contributed by atoms with Gasteiger partial charge in [-0.05, 0) is 49.4 Å². The van der Waals surface area contributed by atoms with E-state index in [1.54, 1.807) is 5.32 Å². The molecule has 1 heterocycles. The lowest BCUT2D eigenvalue weighted by atomic mass is 9.96. The van der Waals surface area contributed by atoms with Crippen LogP contribution in [0.25, 0.3) is 0 Å². The number of thiophene rings is 1. The number of ether oxygens (including phenoxy) is 1. The van der Waals surface area contributed by atoms with Gasteiger partial charge in [-0.2, -0.15) is 18.4 Å². The van der Waals surface area contributed by atoms with E-state index in [0.29, 0.717) is 18.4 Å². The molecule has 1 aromatic heterocycles. The quantitative estimate of drug-likeness (QED) is 0.436. The van der Waals surface area contributed by atoms with Crippen molar-refractivity contribution in [3.05, 3.63) is 49.8 Å². The molecule has 0 unspecified atom stereocenters. The fraction of sp³-hybridized carbons (Fsp3) is 0.350. The summed E-state index contributed by atoms with van der Waals surface area (Å²) in [6, 6.07) is 5.49. The molecule has 2 N–H and O–H groups in total. The van der Waals surface area contributed by atoms with E-state index in [9.17, 15) is 28.0 Å². The molecule has 1 amide bonds. The molecule has 0 radical (unpaired) electrons. The monoisotopic (exact) mass is 505 g/mol. The molecule has 1 aliphatic rings. The molecule has 2 aromatic rings. The number of nitrogens with zero attached hydrogens (tertiary/aromatic N) is 1. The molecule has 1 aromatic carbocycles. The van der Waals surface area contributed by atoms with E-state index in [1.165, 1.54) is 12.1 Å². The number of halogens is 5. The maximum Gasteiger partial charge on any atom is 0.441 e. The Morgan fingerprint density at radius 1 is 1.22 bits per heavy atom. The molecule has 0 aliphatic heterocycles. The van der Waals surface area contributed by atoms with Crippen LogP contribution in [0.2, 0.25) is 10.0 Å². The number of carbonyl (C=O) groups is 2. The van der Waals surface area contributed by atoms with Crippen LogP contribution in [0.1, 0.15) is 39.2 Å². The lowest BCUT2D eigenvalue weighted by Crippen LogP contribution is -2.69. The Morgan fingerprint density at radius 2 is 1.91 bits per heavy atom. The van der Waals surface area contributed by atoms with Crippen molar-refractivity contribution in [1.82, 2.24) is 5.32 Å². The Morgan fingerprint density at radius 3 is 2.50 bits per heavy atom. The summed E-state index contributed by atoms with van der Waals surface area (Å²) in [6.45, 7) is 0.